The number of carbonyl (C=O) groups is 1. The van der Waals surface area contributed by atoms with Gasteiger partial charge in [0.2, 0.25) is 0 Å². The van der Waals surface area contributed by atoms with E-state index >= 15 is 0 Å². The first-order valence-corrected chi connectivity index (χ1v) is 9.99. The van der Waals surface area contributed by atoms with Gasteiger partial charge in [0.1, 0.15) is 5.82 Å². The summed E-state index contributed by atoms with van der Waals surface area (Å²) >= 11 is 5.93. The average Bonchev–Trinajstić information content (AvgIpc) is 2.93. The van der Waals surface area contributed by atoms with Crippen LogP contribution >= 0.6 is 11.6 Å². The van der Waals surface area contributed by atoms with Crippen molar-refractivity contribution in [1.82, 2.24) is 9.80 Å². The van der Waals surface area contributed by atoms with Gasteiger partial charge in [-0.3, -0.25) is 9.69 Å². The zero-order valence-corrected chi connectivity index (χ0v) is 15.7. The Morgan fingerprint density at radius 3 is 2.65 bits per heavy atom. The Morgan fingerprint density at radius 1 is 1.31 bits per heavy atom. The second-order valence-corrected chi connectivity index (χ2v) is 8.61. The van der Waals surface area contributed by atoms with E-state index in [2.05, 4.69) is 4.90 Å². The third-order valence-electron chi connectivity index (χ3n) is 6.86. The topological polar surface area (TPSA) is 43.8 Å². The predicted octanol–water partition coefficient (Wildman–Crippen LogP) is 3.18. The monoisotopic (exact) mass is 380 g/mol. The quantitative estimate of drug-likeness (QED) is 0.875. The van der Waals surface area contributed by atoms with E-state index in [4.69, 9.17) is 11.6 Å². The van der Waals surface area contributed by atoms with Crippen molar-refractivity contribution in [3.8, 4) is 0 Å². The summed E-state index contributed by atoms with van der Waals surface area (Å²) in [6, 6.07) is 4.80. The first-order valence-electron chi connectivity index (χ1n) is 9.62. The summed E-state index contributed by atoms with van der Waals surface area (Å²) in [7, 11) is 0. The van der Waals surface area contributed by atoms with Gasteiger partial charge in [-0.05, 0) is 49.3 Å². The predicted molar refractivity (Wildman–Crippen MR) is 98.8 cm³/mol. The summed E-state index contributed by atoms with van der Waals surface area (Å²) in [6.45, 7) is 3.42. The molecule has 1 spiro atoms. The zero-order chi connectivity index (χ0) is 18.3. The van der Waals surface area contributed by atoms with E-state index in [0.29, 0.717) is 24.2 Å². The van der Waals surface area contributed by atoms with E-state index in [9.17, 15) is 14.3 Å². The molecular formula is C20H26ClFN2O2. The van der Waals surface area contributed by atoms with Crippen molar-refractivity contribution >= 4 is 17.5 Å². The van der Waals surface area contributed by atoms with Crippen LogP contribution < -0.4 is 0 Å². The van der Waals surface area contributed by atoms with Crippen molar-refractivity contribution in [1.29, 1.82) is 0 Å². The van der Waals surface area contributed by atoms with Crippen molar-refractivity contribution in [2.75, 3.05) is 32.8 Å². The second-order valence-electron chi connectivity index (χ2n) is 8.17. The van der Waals surface area contributed by atoms with Crippen LogP contribution in [0.5, 0.6) is 0 Å². The standard InChI is InChI=1S/C20H26ClFN2O2/c21-15-4-5-18(22)17(10-15)19(26)23-8-6-20(7-9-23)13-24(11-14(20)12-25)16-2-1-3-16/h4-5,10,14,16,25H,1-3,6-9,11-13H2. The van der Waals surface area contributed by atoms with Crippen molar-refractivity contribution in [2.45, 2.75) is 38.1 Å². The second kappa shape index (κ2) is 7.10. The fraction of sp³-hybridized carbons (Fsp3) is 0.650. The minimum absolute atomic E-state index is 0.0506. The number of aliphatic hydroxyl groups is 1. The van der Waals surface area contributed by atoms with Gasteiger partial charge in [-0.2, -0.15) is 0 Å². The fourth-order valence-corrected chi connectivity index (χ4v) is 5.08. The number of nitrogens with zero attached hydrogens (tertiary/aromatic N) is 2. The minimum atomic E-state index is -0.523. The molecule has 6 heteroatoms. The average molecular weight is 381 g/mol. The van der Waals surface area contributed by atoms with Crippen LogP contribution in [0.25, 0.3) is 0 Å². The molecule has 0 aromatic heterocycles. The molecule has 4 nitrogen and oxygen atoms in total. The van der Waals surface area contributed by atoms with Crippen LogP contribution in [0.4, 0.5) is 4.39 Å². The van der Waals surface area contributed by atoms with Crippen LogP contribution in [0.1, 0.15) is 42.5 Å². The normalized spacial score (nSPS) is 26.3. The highest BCUT2D eigenvalue weighted by Crippen LogP contribution is 2.47. The van der Waals surface area contributed by atoms with Gasteiger partial charge >= 0.3 is 0 Å². The molecule has 0 radical (unpaired) electrons. The Bertz CT molecular complexity index is 686. The molecule has 1 aliphatic carbocycles. The molecule has 1 aromatic rings. The molecule has 26 heavy (non-hydrogen) atoms. The highest BCUT2D eigenvalue weighted by molar-refractivity contribution is 6.31. The van der Waals surface area contributed by atoms with Crippen LogP contribution in [-0.4, -0.2) is 59.6 Å². The maximum absolute atomic E-state index is 14.0. The van der Waals surface area contributed by atoms with Crippen LogP contribution in [0.3, 0.4) is 0 Å². The van der Waals surface area contributed by atoms with E-state index in [1.807, 2.05) is 0 Å². The SMILES string of the molecule is O=C(c1cc(Cl)ccc1F)N1CCC2(CC1)CN(C1CCC1)CC2CO. The number of hydrogen-bond donors (Lipinski definition) is 1. The summed E-state index contributed by atoms with van der Waals surface area (Å²) in [5.74, 6) is -0.526. The third-order valence-corrected chi connectivity index (χ3v) is 7.09. The van der Waals surface area contributed by atoms with Gasteiger partial charge in [-0.15, -0.1) is 0 Å². The number of piperidine rings is 1. The summed E-state index contributed by atoms with van der Waals surface area (Å²) in [5.41, 5.74) is 0.142. The molecule has 2 heterocycles. The molecule has 1 unspecified atom stereocenters. The molecule has 2 aliphatic heterocycles. The van der Waals surface area contributed by atoms with Crippen LogP contribution in [0.15, 0.2) is 18.2 Å². The van der Waals surface area contributed by atoms with E-state index in [-0.39, 0.29) is 29.4 Å². The zero-order valence-electron chi connectivity index (χ0n) is 15.0. The van der Waals surface area contributed by atoms with Crippen molar-refractivity contribution < 1.29 is 14.3 Å². The van der Waals surface area contributed by atoms with Crippen LogP contribution in [-0.2, 0) is 0 Å². The minimum Gasteiger partial charge on any atom is -0.396 e. The number of rotatable bonds is 3. The number of amides is 1. The van der Waals surface area contributed by atoms with Crippen LogP contribution in [0.2, 0.25) is 5.02 Å². The molecule has 142 valence electrons. The smallest absolute Gasteiger partial charge is 0.256 e. The molecule has 4 rings (SSSR count). The molecule has 1 atom stereocenters. The summed E-state index contributed by atoms with van der Waals surface area (Å²) in [5, 5.41) is 10.3. The van der Waals surface area contributed by atoms with E-state index < -0.39 is 5.82 Å². The fourth-order valence-electron chi connectivity index (χ4n) is 4.91. The lowest BCUT2D eigenvalue weighted by Crippen LogP contribution is -2.47. The maximum atomic E-state index is 14.0. The Hall–Kier alpha value is -1.17. The number of carbonyl (C=O) groups excluding carboxylic acids is 1. The van der Waals surface area contributed by atoms with Gasteiger partial charge < -0.3 is 10.0 Å². The van der Waals surface area contributed by atoms with Crippen LogP contribution in [0, 0.1) is 17.2 Å². The molecule has 1 aromatic carbocycles. The lowest BCUT2D eigenvalue weighted by molar-refractivity contribution is 0.0382. The highest BCUT2D eigenvalue weighted by Gasteiger charge is 2.50. The van der Waals surface area contributed by atoms with E-state index in [1.54, 1.807) is 4.90 Å². The molecule has 0 bridgehead atoms. The summed E-state index contributed by atoms with van der Waals surface area (Å²) in [6.07, 6.45) is 5.59. The molecule has 3 aliphatic rings. The van der Waals surface area contributed by atoms with Gasteiger partial charge in [0, 0.05) is 49.8 Å². The Morgan fingerprint density at radius 2 is 2.04 bits per heavy atom. The lowest BCUT2D eigenvalue weighted by atomic mass is 9.71. The number of halogens is 2. The number of hydrogen-bond acceptors (Lipinski definition) is 3. The number of benzene rings is 1. The van der Waals surface area contributed by atoms with E-state index in [0.717, 1.165) is 25.9 Å². The number of aliphatic hydroxyl groups excluding tert-OH is 1. The summed E-state index contributed by atoms with van der Waals surface area (Å²) in [4.78, 5) is 17.0. The van der Waals surface area contributed by atoms with E-state index in [1.165, 1.54) is 37.5 Å². The molecule has 2 saturated heterocycles. The third kappa shape index (κ3) is 3.14. The first-order chi connectivity index (χ1) is 12.5. The van der Waals surface area contributed by atoms with Crippen molar-refractivity contribution in [3.05, 3.63) is 34.6 Å². The summed E-state index contributed by atoms with van der Waals surface area (Å²) < 4.78 is 14.0. The first kappa shape index (κ1) is 18.2. The Kier molecular flexibility index (Phi) is 4.97. The Labute approximate surface area is 158 Å². The Balaban J connectivity index is 1.44. The van der Waals surface area contributed by atoms with Gasteiger partial charge in [0.05, 0.1) is 5.56 Å². The lowest BCUT2D eigenvalue weighted by Gasteiger charge is -2.43. The molecule has 1 amide bonds. The molecular weight excluding hydrogens is 355 g/mol. The van der Waals surface area contributed by atoms with Gasteiger partial charge in [0.15, 0.2) is 0 Å². The molecule has 3 fully saturated rings. The maximum Gasteiger partial charge on any atom is 0.256 e. The largest absolute Gasteiger partial charge is 0.396 e. The number of likely N-dealkylation sites (tertiary alicyclic amines) is 2. The van der Waals surface area contributed by atoms with Crippen molar-refractivity contribution in [3.63, 3.8) is 0 Å². The molecule has 1 N–H and O–H groups in total. The van der Waals surface area contributed by atoms with Gasteiger partial charge in [-0.1, -0.05) is 18.0 Å². The molecule has 1 saturated carbocycles. The van der Waals surface area contributed by atoms with Crippen molar-refractivity contribution in [2.24, 2.45) is 11.3 Å². The van der Waals surface area contributed by atoms with Gasteiger partial charge in [0.25, 0.3) is 5.91 Å². The highest BCUT2D eigenvalue weighted by atomic mass is 35.5. The van der Waals surface area contributed by atoms with Gasteiger partial charge in [-0.25, -0.2) is 4.39 Å².